The van der Waals surface area contributed by atoms with Crippen molar-refractivity contribution in [1.29, 1.82) is 0 Å². The number of aromatic nitrogens is 4. The molecule has 10 aromatic rings. The quantitative estimate of drug-likeness (QED) is 0.175. The van der Waals surface area contributed by atoms with Crippen LogP contribution in [0.1, 0.15) is 0 Å². The van der Waals surface area contributed by atoms with Crippen molar-refractivity contribution in [3.05, 3.63) is 182 Å². The molecule has 10 rings (SSSR count). The van der Waals surface area contributed by atoms with Crippen LogP contribution in [-0.4, -0.2) is 19.5 Å². The lowest BCUT2D eigenvalue weighted by Crippen LogP contribution is -2.02. The van der Waals surface area contributed by atoms with Crippen molar-refractivity contribution in [2.45, 2.75) is 0 Å². The lowest BCUT2D eigenvalue weighted by atomic mass is 9.98. The maximum Gasteiger partial charge on any atom is 0.166 e. The maximum atomic E-state index is 5.20. The van der Waals surface area contributed by atoms with E-state index < -0.39 is 0 Å². The summed E-state index contributed by atoms with van der Waals surface area (Å²) in [5.74, 6) is 1.92. The van der Waals surface area contributed by atoms with Gasteiger partial charge in [-0.1, -0.05) is 152 Å². The molecule has 52 heavy (non-hydrogen) atoms. The van der Waals surface area contributed by atoms with Crippen molar-refractivity contribution in [2.75, 3.05) is 0 Å². The normalized spacial score (nSPS) is 11.5. The van der Waals surface area contributed by atoms with Gasteiger partial charge in [-0.05, 0) is 52.6 Å². The Balaban J connectivity index is 1.32. The fourth-order valence-corrected chi connectivity index (χ4v) is 8.43. The van der Waals surface area contributed by atoms with Gasteiger partial charge >= 0.3 is 0 Å². The van der Waals surface area contributed by atoms with E-state index in [9.17, 15) is 0 Å². The number of fused-ring (bicyclic) bond motifs is 5. The smallest absolute Gasteiger partial charge is 0.166 e. The van der Waals surface area contributed by atoms with Gasteiger partial charge in [0.1, 0.15) is 0 Å². The number of para-hydroxylation sites is 1. The van der Waals surface area contributed by atoms with Gasteiger partial charge in [0.05, 0.1) is 15.7 Å². The first kappa shape index (κ1) is 30.2. The fraction of sp³-hybridized carbons (Fsp3) is 0. The molecule has 7 aromatic carbocycles. The van der Waals surface area contributed by atoms with Gasteiger partial charge in [-0.25, -0.2) is 15.0 Å². The van der Waals surface area contributed by atoms with Crippen LogP contribution in [0.2, 0.25) is 0 Å². The molecule has 0 saturated carbocycles. The predicted octanol–water partition coefficient (Wildman–Crippen LogP) is 12.5. The van der Waals surface area contributed by atoms with Crippen LogP contribution in [0.15, 0.2) is 182 Å². The molecule has 0 amide bonds. The number of thiophene rings is 1. The molecule has 0 spiro atoms. The molecule has 0 radical (unpaired) electrons. The van der Waals surface area contributed by atoms with Crippen molar-refractivity contribution in [1.82, 2.24) is 19.5 Å². The van der Waals surface area contributed by atoms with E-state index in [1.807, 2.05) is 47.7 Å². The molecule has 0 aliphatic rings. The zero-order valence-corrected chi connectivity index (χ0v) is 28.8. The summed E-state index contributed by atoms with van der Waals surface area (Å²) in [6, 6.07) is 63.8. The predicted molar refractivity (Wildman–Crippen MR) is 217 cm³/mol. The minimum Gasteiger partial charge on any atom is -0.307 e. The highest BCUT2D eigenvalue weighted by atomic mass is 32.1. The first-order chi connectivity index (χ1) is 25.8. The van der Waals surface area contributed by atoms with Crippen LogP contribution in [0.5, 0.6) is 0 Å². The molecular formula is C47H30N4S. The second-order valence-corrected chi connectivity index (χ2v) is 13.9. The van der Waals surface area contributed by atoms with Gasteiger partial charge in [0.15, 0.2) is 17.5 Å². The summed E-state index contributed by atoms with van der Waals surface area (Å²) in [6.07, 6.45) is 0. The number of hydrogen-bond acceptors (Lipinski definition) is 4. The van der Waals surface area contributed by atoms with E-state index in [1.54, 1.807) is 0 Å². The molecule has 0 unspecified atom stereocenters. The van der Waals surface area contributed by atoms with E-state index in [-0.39, 0.29) is 0 Å². The Hall–Kier alpha value is -6.69. The monoisotopic (exact) mass is 682 g/mol. The molecule has 3 aromatic heterocycles. The summed E-state index contributed by atoms with van der Waals surface area (Å²) in [5.41, 5.74) is 10.8. The van der Waals surface area contributed by atoms with Crippen LogP contribution in [0.4, 0.5) is 0 Å². The Labute approximate surface area is 305 Å². The van der Waals surface area contributed by atoms with E-state index in [2.05, 4.69) is 150 Å². The third kappa shape index (κ3) is 5.18. The number of hydrogen-bond donors (Lipinski definition) is 0. The van der Waals surface area contributed by atoms with Gasteiger partial charge in [0, 0.05) is 37.9 Å². The van der Waals surface area contributed by atoms with Gasteiger partial charge in [0.25, 0.3) is 0 Å². The van der Waals surface area contributed by atoms with Crippen LogP contribution in [0, 0.1) is 0 Å². The minimum absolute atomic E-state index is 0.636. The van der Waals surface area contributed by atoms with Gasteiger partial charge in [-0.3, -0.25) is 0 Å². The molecule has 3 heterocycles. The van der Waals surface area contributed by atoms with Gasteiger partial charge in [-0.2, -0.15) is 0 Å². The van der Waals surface area contributed by atoms with Gasteiger partial charge < -0.3 is 4.57 Å². The summed E-state index contributed by atoms with van der Waals surface area (Å²) >= 11 is 1.84. The van der Waals surface area contributed by atoms with Crippen LogP contribution in [0.3, 0.4) is 0 Å². The van der Waals surface area contributed by atoms with Crippen molar-refractivity contribution < 1.29 is 0 Å². The van der Waals surface area contributed by atoms with E-state index in [4.69, 9.17) is 15.0 Å². The second-order valence-electron chi connectivity index (χ2n) is 12.9. The van der Waals surface area contributed by atoms with Crippen molar-refractivity contribution in [3.8, 4) is 62.1 Å². The second kappa shape index (κ2) is 12.6. The molecule has 0 fully saturated rings. The Morgan fingerprint density at radius 2 is 0.846 bits per heavy atom. The molecule has 4 nitrogen and oxygen atoms in total. The van der Waals surface area contributed by atoms with Gasteiger partial charge in [-0.15, -0.1) is 11.3 Å². The van der Waals surface area contributed by atoms with E-state index in [0.29, 0.717) is 17.5 Å². The van der Waals surface area contributed by atoms with Crippen LogP contribution >= 0.6 is 11.3 Å². The molecule has 0 atom stereocenters. The lowest BCUT2D eigenvalue weighted by Gasteiger charge is -2.16. The Morgan fingerprint density at radius 1 is 0.365 bits per heavy atom. The number of nitrogens with zero attached hydrogens (tertiary/aromatic N) is 4. The summed E-state index contributed by atoms with van der Waals surface area (Å²) in [5, 5.41) is 2.39. The highest BCUT2D eigenvalue weighted by Crippen LogP contribution is 2.46. The zero-order valence-electron chi connectivity index (χ0n) is 28.0. The minimum atomic E-state index is 0.636. The Bertz CT molecular complexity index is 2760. The summed E-state index contributed by atoms with van der Waals surface area (Å²) in [4.78, 5) is 15.4. The zero-order chi connectivity index (χ0) is 34.4. The third-order valence-electron chi connectivity index (χ3n) is 9.63. The lowest BCUT2D eigenvalue weighted by molar-refractivity contribution is 1.07. The molecule has 0 N–H and O–H groups in total. The Kier molecular flexibility index (Phi) is 7.29. The van der Waals surface area contributed by atoms with Crippen LogP contribution in [0.25, 0.3) is 93.3 Å². The van der Waals surface area contributed by atoms with Crippen molar-refractivity contribution >= 4 is 42.5 Å². The Morgan fingerprint density at radius 3 is 1.42 bits per heavy atom. The van der Waals surface area contributed by atoms with Crippen molar-refractivity contribution in [2.24, 2.45) is 0 Å². The van der Waals surface area contributed by atoms with Crippen molar-refractivity contribution in [3.63, 3.8) is 0 Å². The fourth-order valence-electron chi connectivity index (χ4n) is 7.22. The summed E-state index contributed by atoms with van der Waals surface area (Å²) in [6.45, 7) is 0. The van der Waals surface area contributed by atoms with E-state index in [1.165, 1.54) is 36.8 Å². The highest BCUT2D eigenvalue weighted by Gasteiger charge is 2.23. The first-order valence-electron chi connectivity index (χ1n) is 17.4. The average molecular weight is 683 g/mol. The molecule has 244 valence electrons. The summed E-state index contributed by atoms with van der Waals surface area (Å²) < 4.78 is 4.95. The average Bonchev–Trinajstić information content (AvgIpc) is 3.77. The standard InChI is InChI=1S/C47H30N4S/c1-5-16-31(17-6-1)35-28-36(32-18-7-2-8-19-32)30-37(29-35)51-42-39(44-43(51)38-24-13-14-27-41(38)52-44)25-15-26-40(42)47-49-45(33-20-9-3-10-21-33)48-46(50-47)34-22-11-4-12-23-34/h1-30H. The number of rotatable bonds is 6. The maximum absolute atomic E-state index is 5.20. The molecule has 0 bridgehead atoms. The van der Waals surface area contributed by atoms with Crippen LogP contribution < -0.4 is 0 Å². The van der Waals surface area contributed by atoms with Gasteiger partial charge in [0.2, 0.25) is 0 Å². The molecule has 0 aliphatic carbocycles. The molecule has 0 aliphatic heterocycles. The number of benzene rings is 7. The van der Waals surface area contributed by atoms with Crippen LogP contribution in [-0.2, 0) is 0 Å². The molecule has 5 heteroatoms. The van der Waals surface area contributed by atoms with E-state index in [0.717, 1.165) is 39.0 Å². The van der Waals surface area contributed by atoms with E-state index >= 15 is 0 Å². The topological polar surface area (TPSA) is 43.6 Å². The molecular weight excluding hydrogens is 653 g/mol. The third-order valence-corrected chi connectivity index (χ3v) is 10.8. The first-order valence-corrected chi connectivity index (χ1v) is 18.2. The molecule has 0 saturated heterocycles. The summed E-state index contributed by atoms with van der Waals surface area (Å²) in [7, 11) is 0. The largest absolute Gasteiger partial charge is 0.307 e. The SMILES string of the molecule is c1ccc(-c2cc(-c3ccccc3)cc(-n3c4c(-c5nc(-c6ccccc6)nc(-c6ccccc6)n5)cccc4c4sc5ccccc5c43)c2)cc1. The highest BCUT2D eigenvalue weighted by molar-refractivity contribution is 7.26.